The number of nitrogens with zero attached hydrogens (tertiary/aromatic N) is 4. The lowest BCUT2D eigenvalue weighted by Gasteiger charge is -2.28. The summed E-state index contributed by atoms with van der Waals surface area (Å²) in [5.41, 5.74) is 0.625. The van der Waals surface area contributed by atoms with Crippen LogP contribution in [0.2, 0.25) is 5.02 Å². The second-order valence-corrected chi connectivity index (χ2v) is 8.05. The van der Waals surface area contributed by atoms with E-state index in [0.29, 0.717) is 10.6 Å². The number of carbonyl (C=O) groups is 1. The van der Waals surface area contributed by atoms with Crippen LogP contribution in [0.25, 0.3) is 11.4 Å². The molecule has 0 unspecified atom stereocenters. The fourth-order valence-corrected chi connectivity index (χ4v) is 3.85. The molecule has 2 aromatic rings. The summed E-state index contributed by atoms with van der Waals surface area (Å²) in [6.07, 6.45) is 4.72. The van der Waals surface area contributed by atoms with Crippen LogP contribution in [0.5, 0.6) is 0 Å². The van der Waals surface area contributed by atoms with Crippen LogP contribution in [-0.4, -0.2) is 47.6 Å². The number of carbonyl (C=O) groups excluding carboxylic acids is 1. The summed E-state index contributed by atoms with van der Waals surface area (Å²) in [7, 11) is -3.61. The molecule has 144 valence electrons. The highest BCUT2D eigenvalue weighted by Crippen LogP contribution is 2.25. The lowest BCUT2D eigenvalue weighted by molar-refractivity contribution is -0.140. The molecule has 0 aliphatic carbocycles. The molecule has 0 bridgehead atoms. The van der Waals surface area contributed by atoms with E-state index < -0.39 is 16.0 Å². The van der Waals surface area contributed by atoms with E-state index in [1.807, 2.05) is 0 Å². The molecular formula is C17H13ClN4O5S. The molecule has 0 atom stereocenters. The Kier molecular flexibility index (Phi) is 4.73. The van der Waals surface area contributed by atoms with E-state index in [1.54, 1.807) is 41.4 Å². The molecule has 9 nitrogen and oxygen atoms in total. The number of allylic oxidation sites excluding steroid dienone is 2. The lowest BCUT2D eigenvalue weighted by atomic mass is 10.1. The number of hydrogen-bond donors (Lipinski definition) is 0. The average molecular weight is 421 g/mol. The number of benzene rings is 1. The van der Waals surface area contributed by atoms with Gasteiger partial charge < -0.3 is 14.2 Å². The summed E-state index contributed by atoms with van der Waals surface area (Å²) in [4.78, 5) is 18.2. The molecule has 0 fully saturated rings. The molecule has 0 saturated carbocycles. The number of ether oxygens (including phenoxy) is 1. The number of amidine groups is 1. The normalized spacial score (nSPS) is 17.5. The van der Waals surface area contributed by atoms with Crippen molar-refractivity contribution in [2.75, 3.05) is 12.3 Å². The summed E-state index contributed by atoms with van der Waals surface area (Å²) in [6.45, 7) is -0.0650. The van der Waals surface area contributed by atoms with Gasteiger partial charge in [-0.05, 0) is 24.3 Å². The van der Waals surface area contributed by atoms with E-state index in [-0.39, 0.29) is 42.0 Å². The van der Waals surface area contributed by atoms with E-state index in [1.165, 1.54) is 6.08 Å². The van der Waals surface area contributed by atoms with Crippen molar-refractivity contribution in [3.05, 3.63) is 59.1 Å². The number of sulfonamides is 1. The fourth-order valence-electron chi connectivity index (χ4n) is 2.65. The van der Waals surface area contributed by atoms with Gasteiger partial charge in [-0.1, -0.05) is 28.9 Å². The van der Waals surface area contributed by atoms with Gasteiger partial charge in [0.2, 0.25) is 5.82 Å². The van der Waals surface area contributed by atoms with Crippen molar-refractivity contribution in [3.8, 4) is 11.4 Å². The van der Waals surface area contributed by atoms with Gasteiger partial charge in [-0.2, -0.15) is 4.98 Å². The van der Waals surface area contributed by atoms with E-state index in [4.69, 9.17) is 20.9 Å². The largest absolute Gasteiger partial charge is 0.452 e. The van der Waals surface area contributed by atoms with Crippen LogP contribution >= 0.6 is 11.6 Å². The van der Waals surface area contributed by atoms with E-state index in [9.17, 15) is 13.2 Å². The number of aromatic nitrogens is 2. The van der Waals surface area contributed by atoms with Gasteiger partial charge in [0.1, 0.15) is 5.57 Å². The number of fused-ring (bicyclic) bond motifs is 1. The van der Waals surface area contributed by atoms with Crippen molar-refractivity contribution in [2.45, 2.75) is 6.61 Å². The fraction of sp³-hybridized carbons (Fsp3) is 0.176. The Hall–Kier alpha value is -2.98. The van der Waals surface area contributed by atoms with E-state index >= 15 is 0 Å². The second kappa shape index (κ2) is 7.21. The molecule has 0 radical (unpaired) electrons. The van der Waals surface area contributed by atoms with Crippen LogP contribution in [0, 0.1) is 0 Å². The minimum absolute atomic E-state index is 0.0385. The average Bonchev–Trinajstić information content (AvgIpc) is 3.14. The predicted molar refractivity (Wildman–Crippen MR) is 99.7 cm³/mol. The lowest BCUT2D eigenvalue weighted by Crippen LogP contribution is -2.40. The smallest absolute Gasteiger partial charge is 0.342 e. The van der Waals surface area contributed by atoms with Crippen molar-refractivity contribution < 1.29 is 22.5 Å². The van der Waals surface area contributed by atoms with Gasteiger partial charge in [0.15, 0.2) is 12.4 Å². The summed E-state index contributed by atoms with van der Waals surface area (Å²) in [5, 5.41) is 4.28. The minimum Gasteiger partial charge on any atom is -0.452 e. The Balaban J connectivity index is 1.48. The van der Waals surface area contributed by atoms with Gasteiger partial charge in [0.25, 0.3) is 15.9 Å². The highest BCUT2D eigenvalue weighted by Gasteiger charge is 2.31. The van der Waals surface area contributed by atoms with Gasteiger partial charge in [-0.15, -0.1) is 4.40 Å². The minimum atomic E-state index is -3.61. The maximum absolute atomic E-state index is 12.4. The number of halogens is 1. The SMILES string of the molecule is O=C(OCc1nc(-c2ccccc2Cl)no1)C1=CC=CN2CCS(=O)(=O)N=C12. The molecule has 4 rings (SSSR count). The van der Waals surface area contributed by atoms with E-state index in [2.05, 4.69) is 14.5 Å². The first kappa shape index (κ1) is 18.4. The van der Waals surface area contributed by atoms with Crippen molar-refractivity contribution in [3.63, 3.8) is 0 Å². The van der Waals surface area contributed by atoms with Crippen molar-refractivity contribution in [2.24, 2.45) is 4.40 Å². The molecule has 2 aliphatic heterocycles. The molecule has 11 heteroatoms. The molecule has 0 N–H and O–H groups in total. The third-order valence-electron chi connectivity index (χ3n) is 3.99. The van der Waals surface area contributed by atoms with Gasteiger partial charge >= 0.3 is 5.97 Å². The molecule has 1 aromatic carbocycles. The van der Waals surface area contributed by atoms with Gasteiger partial charge in [-0.3, -0.25) is 0 Å². The first-order valence-electron chi connectivity index (χ1n) is 8.16. The maximum Gasteiger partial charge on any atom is 0.342 e. The Morgan fingerprint density at radius 1 is 1.32 bits per heavy atom. The summed E-state index contributed by atoms with van der Waals surface area (Å²) in [5.74, 6) is -0.477. The number of esters is 1. The van der Waals surface area contributed by atoms with Gasteiger partial charge in [0.05, 0.1) is 10.8 Å². The van der Waals surface area contributed by atoms with Crippen LogP contribution in [-0.2, 0) is 26.2 Å². The summed E-state index contributed by atoms with van der Waals surface area (Å²) < 4.78 is 37.5. The highest BCUT2D eigenvalue weighted by molar-refractivity contribution is 7.90. The summed E-state index contributed by atoms with van der Waals surface area (Å²) >= 11 is 6.10. The van der Waals surface area contributed by atoms with Crippen LogP contribution in [0.1, 0.15) is 5.89 Å². The molecule has 2 aliphatic rings. The Morgan fingerprint density at radius 2 is 2.14 bits per heavy atom. The van der Waals surface area contributed by atoms with E-state index in [0.717, 1.165) is 0 Å². The zero-order chi connectivity index (χ0) is 19.7. The third-order valence-corrected chi connectivity index (χ3v) is 5.47. The van der Waals surface area contributed by atoms with Crippen LogP contribution < -0.4 is 0 Å². The molecule has 3 heterocycles. The van der Waals surface area contributed by atoms with Crippen LogP contribution in [0.3, 0.4) is 0 Å². The molecule has 1 aromatic heterocycles. The van der Waals surface area contributed by atoms with Crippen molar-refractivity contribution in [1.82, 2.24) is 15.0 Å². The highest BCUT2D eigenvalue weighted by atomic mass is 35.5. The first-order chi connectivity index (χ1) is 13.4. The third kappa shape index (κ3) is 3.69. The summed E-state index contributed by atoms with van der Waals surface area (Å²) in [6, 6.07) is 6.99. The molecule has 28 heavy (non-hydrogen) atoms. The maximum atomic E-state index is 12.4. The van der Waals surface area contributed by atoms with Gasteiger partial charge in [-0.25, -0.2) is 13.2 Å². The molecular weight excluding hydrogens is 408 g/mol. The molecule has 0 saturated heterocycles. The van der Waals surface area contributed by atoms with Crippen LogP contribution in [0.4, 0.5) is 0 Å². The molecule has 0 spiro atoms. The Bertz CT molecular complexity index is 1140. The first-order valence-corrected chi connectivity index (χ1v) is 10.1. The Morgan fingerprint density at radius 3 is 2.96 bits per heavy atom. The molecule has 0 amide bonds. The quantitative estimate of drug-likeness (QED) is 0.689. The zero-order valence-electron chi connectivity index (χ0n) is 14.3. The zero-order valence-corrected chi connectivity index (χ0v) is 15.9. The monoisotopic (exact) mass is 420 g/mol. The van der Waals surface area contributed by atoms with Gasteiger partial charge in [0, 0.05) is 18.3 Å². The number of rotatable bonds is 4. The standard InChI is InChI=1S/C17H13ClN4O5S/c18-13-6-2-1-4-11(13)15-19-14(27-20-15)10-26-17(23)12-5-3-7-22-8-9-28(24,25)21-16(12)22/h1-7H,8-10H2. The topological polar surface area (TPSA) is 115 Å². The van der Waals surface area contributed by atoms with Crippen molar-refractivity contribution in [1.29, 1.82) is 0 Å². The van der Waals surface area contributed by atoms with Crippen molar-refractivity contribution >= 4 is 33.4 Å². The number of hydrogen-bond acceptors (Lipinski definition) is 8. The van der Waals surface area contributed by atoms with Crippen LogP contribution in [0.15, 0.2) is 57.1 Å². The Labute approximate surface area is 165 Å². The second-order valence-electron chi connectivity index (χ2n) is 5.88. The predicted octanol–water partition coefficient (Wildman–Crippen LogP) is 1.93.